The number of amides is 1. The Labute approximate surface area is 178 Å². The first-order valence-electron chi connectivity index (χ1n) is 10.3. The van der Waals surface area contributed by atoms with Crippen molar-refractivity contribution >= 4 is 12.1 Å². The highest BCUT2D eigenvalue weighted by atomic mass is 16.5. The van der Waals surface area contributed by atoms with E-state index in [0.29, 0.717) is 25.2 Å². The van der Waals surface area contributed by atoms with E-state index in [1.54, 1.807) is 4.68 Å². The molecule has 8 nitrogen and oxygen atoms in total. The van der Waals surface area contributed by atoms with Crippen LogP contribution < -0.4 is 5.32 Å². The molecular weight excluding hydrogens is 396 g/mol. The van der Waals surface area contributed by atoms with E-state index in [4.69, 9.17) is 4.74 Å². The van der Waals surface area contributed by atoms with Crippen molar-refractivity contribution in [2.45, 2.75) is 31.8 Å². The molecule has 1 aromatic heterocycles. The number of hydrogen-bond donors (Lipinski definition) is 2. The van der Waals surface area contributed by atoms with Gasteiger partial charge in [0.15, 0.2) is 5.82 Å². The Bertz CT molecular complexity index is 1110. The van der Waals surface area contributed by atoms with E-state index in [1.807, 2.05) is 24.3 Å². The predicted octanol–water partition coefficient (Wildman–Crippen LogP) is 2.96. The van der Waals surface area contributed by atoms with Gasteiger partial charge in [-0.05, 0) is 28.7 Å². The van der Waals surface area contributed by atoms with E-state index in [9.17, 15) is 14.7 Å². The number of hydrogen-bond acceptors (Lipinski definition) is 5. The number of alkyl carbamates (subject to hydrolysis) is 1. The Balaban J connectivity index is 1.20. The number of nitrogens with one attached hydrogen (secondary N) is 1. The maximum absolute atomic E-state index is 12.3. The van der Waals surface area contributed by atoms with E-state index < -0.39 is 18.0 Å². The highest BCUT2D eigenvalue weighted by molar-refractivity contribution is 5.79. The number of aliphatic carboxylic acids is 1. The number of carboxylic acids is 1. The summed E-state index contributed by atoms with van der Waals surface area (Å²) in [5.41, 5.74) is 4.68. The third kappa shape index (κ3) is 3.65. The number of benzene rings is 2. The van der Waals surface area contributed by atoms with E-state index in [1.165, 1.54) is 11.1 Å². The number of carboxylic acid groups (broad SMARTS) is 1. The minimum Gasteiger partial charge on any atom is -0.481 e. The summed E-state index contributed by atoms with van der Waals surface area (Å²) < 4.78 is 7.14. The zero-order valence-electron chi connectivity index (χ0n) is 16.8. The second-order valence-corrected chi connectivity index (χ2v) is 7.88. The minimum absolute atomic E-state index is 0.00384. The van der Waals surface area contributed by atoms with Crippen molar-refractivity contribution in [2.75, 3.05) is 6.61 Å². The third-order valence-electron chi connectivity index (χ3n) is 5.99. The van der Waals surface area contributed by atoms with Gasteiger partial charge in [-0.2, -0.15) is 5.10 Å². The SMILES string of the molecule is O=C(NCc1nc2n(n1)CC(C(=O)O)CC2)OCC1c2ccccc2-c2ccccc21. The number of carbonyl (C=O) groups excluding carboxylic acids is 1. The van der Waals surface area contributed by atoms with Gasteiger partial charge in [-0.1, -0.05) is 48.5 Å². The number of aromatic nitrogens is 3. The highest BCUT2D eigenvalue weighted by Crippen LogP contribution is 2.44. The van der Waals surface area contributed by atoms with Gasteiger partial charge in [-0.15, -0.1) is 0 Å². The molecule has 1 amide bonds. The van der Waals surface area contributed by atoms with E-state index >= 15 is 0 Å². The van der Waals surface area contributed by atoms with Crippen molar-refractivity contribution < 1.29 is 19.4 Å². The van der Waals surface area contributed by atoms with Gasteiger partial charge in [0.25, 0.3) is 0 Å². The van der Waals surface area contributed by atoms with Crippen LogP contribution in [0.2, 0.25) is 0 Å². The number of rotatable bonds is 5. The Morgan fingerprint density at radius 3 is 2.45 bits per heavy atom. The number of carbonyl (C=O) groups is 2. The molecule has 8 heteroatoms. The van der Waals surface area contributed by atoms with Crippen molar-refractivity contribution in [1.82, 2.24) is 20.1 Å². The summed E-state index contributed by atoms with van der Waals surface area (Å²) in [6.45, 7) is 0.685. The molecule has 0 spiro atoms. The summed E-state index contributed by atoms with van der Waals surface area (Å²) in [5.74, 6) is -0.0582. The molecule has 5 rings (SSSR count). The van der Waals surface area contributed by atoms with Crippen LogP contribution in [0.15, 0.2) is 48.5 Å². The largest absolute Gasteiger partial charge is 0.481 e. The molecule has 2 aliphatic rings. The van der Waals surface area contributed by atoms with Gasteiger partial charge in [0.2, 0.25) is 0 Å². The summed E-state index contributed by atoms with van der Waals surface area (Å²) >= 11 is 0. The molecule has 0 radical (unpaired) electrons. The van der Waals surface area contributed by atoms with Crippen LogP contribution in [-0.2, 0) is 29.0 Å². The molecule has 2 heterocycles. The Kier molecular flexibility index (Phi) is 4.89. The van der Waals surface area contributed by atoms with Crippen molar-refractivity contribution in [3.63, 3.8) is 0 Å². The number of aryl methyl sites for hydroxylation is 1. The molecule has 0 saturated heterocycles. The lowest BCUT2D eigenvalue weighted by Crippen LogP contribution is -2.27. The lowest BCUT2D eigenvalue weighted by Gasteiger charge is -2.18. The Morgan fingerprint density at radius 2 is 1.77 bits per heavy atom. The van der Waals surface area contributed by atoms with Crippen LogP contribution >= 0.6 is 0 Å². The van der Waals surface area contributed by atoms with Gasteiger partial charge in [0.1, 0.15) is 12.4 Å². The van der Waals surface area contributed by atoms with Gasteiger partial charge >= 0.3 is 12.1 Å². The van der Waals surface area contributed by atoms with Crippen LogP contribution in [0.1, 0.15) is 35.1 Å². The van der Waals surface area contributed by atoms with Gasteiger partial charge in [0.05, 0.1) is 19.0 Å². The van der Waals surface area contributed by atoms with Gasteiger partial charge in [0, 0.05) is 12.3 Å². The smallest absolute Gasteiger partial charge is 0.407 e. The van der Waals surface area contributed by atoms with Gasteiger partial charge < -0.3 is 15.2 Å². The molecule has 0 saturated carbocycles. The Hall–Kier alpha value is -3.68. The summed E-state index contributed by atoms with van der Waals surface area (Å²) in [4.78, 5) is 27.9. The summed E-state index contributed by atoms with van der Waals surface area (Å²) in [7, 11) is 0. The summed E-state index contributed by atoms with van der Waals surface area (Å²) in [6.07, 6.45) is 0.584. The van der Waals surface area contributed by atoms with Gasteiger partial charge in [-0.25, -0.2) is 14.5 Å². The van der Waals surface area contributed by atoms with Crippen LogP contribution in [0, 0.1) is 5.92 Å². The third-order valence-corrected chi connectivity index (χ3v) is 5.99. The quantitative estimate of drug-likeness (QED) is 0.660. The van der Waals surface area contributed by atoms with Crippen molar-refractivity contribution in [1.29, 1.82) is 0 Å². The zero-order chi connectivity index (χ0) is 21.4. The molecule has 1 aliphatic carbocycles. The lowest BCUT2D eigenvalue weighted by molar-refractivity contribution is -0.142. The van der Waals surface area contributed by atoms with E-state index in [0.717, 1.165) is 17.0 Å². The second-order valence-electron chi connectivity index (χ2n) is 7.88. The Morgan fingerprint density at radius 1 is 1.10 bits per heavy atom. The number of ether oxygens (including phenoxy) is 1. The first kappa shape index (κ1) is 19.3. The van der Waals surface area contributed by atoms with E-state index in [2.05, 4.69) is 39.7 Å². The normalized spacial score (nSPS) is 16.8. The average Bonchev–Trinajstić information content (AvgIpc) is 3.34. The highest BCUT2D eigenvalue weighted by Gasteiger charge is 2.29. The fourth-order valence-electron chi connectivity index (χ4n) is 4.44. The molecule has 2 aromatic carbocycles. The lowest BCUT2D eigenvalue weighted by atomic mass is 9.98. The monoisotopic (exact) mass is 418 g/mol. The zero-order valence-corrected chi connectivity index (χ0v) is 16.8. The molecule has 1 atom stereocenters. The average molecular weight is 418 g/mol. The fourth-order valence-corrected chi connectivity index (χ4v) is 4.44. The predicted molar refractivity (Wildman–Crippen MR) is 111 cm³/mol. The maximum Gasteiger partial charge on any atom is 0.407 e. The number of nitrogens with zero attached hydrogens (tertiary/aromatic N) is 3. The van der Waals surface area contributed by atoms with Crippen molar-refractivity contribution in [2.24, 2.45) is 5.92 Å². The topological polar surface area (TPSA) is 106 Å². The van der Waals surface area contributed by atoms with E-state index in [-0.39, 0.29) is 19.1 Å². The molecule has 0 bridgehead atoms. The molecule has 1 unspecified atom stereocenters. The van der Waals surface area contributed by atoms with Crippen LogP contribution in [-0.4, -0.2) is 38.5 Å². The van der Waals surface area contributed by atoms with Crippen molar-refractivity contribution in [3.05, 3.63) is 71.3 Å². The molecule has 158 valence electrons. The molecule has 3 aromatic rings. The van der Waals surface area contributed by atoms with Gasteiger partial charge in [-0.3, -0.25) is 4.79 Å². The first-order chi connectivity index (χ1) is 15.1. The molecule has 31 heavy (non-hydrogen) atoms. The second kappa shape index (κ2) is 7.86. The summed E-state index contributed by atoms with van der Waals surface area (Å²) in [6, 6.07) is 16.4. The molecular formula is C23H22N4O4. The van der Waals surface area contributed by atoms with Crippen molar-refractivity contribution in [3.8, 4) is 11.1 Å². The first-order valence-corrected chi connectivity index (χ1v) is 10.3. The number of fused-ring (bicyclic) bond motifs is 4. The fraction of sp³-hybridized carbons (Fsp3) is 0.304. The maximum atomic E-state index is 12.3. The molecule has 1 aliphatic heterocycles. The van der Waals surface area contributed by atoms with Crippen LogP contribution in [0.25, 0.3) is 11.1 Å². The minimum atomic E-state index is -0.820. The molecule has 0 fully saturated rings. The summed E-state index contributed by atoms with van der Waals surface area (Å²) in [5, 5.41) is 16.2. The molecule has 2 N–H and O–H groups in total. The van der Waals surface area contributed by atoms with Crippen LogP contribution in [0.5, 0.6) is 0 Å². The standard InChI is InChI=1S/C23H22N4O4/c28-22(29)14-9-10-21-25-20(26-27(21)12-14)11-24-23(30)31-13-19-17-7-3-1-5-15(17)16-6-2-4-8-18(16)19/h1-8,14,19H,9-13H2,(H,24,30)(H,28,29). The van der Waals surface area contributed by atoms with Crippen LogP contribution in [0.3, 0.4) is 0 Å². The van der Waals surface area contributed by atoms with Crippen LogP contribution in [0.4, 0.5) is 4.79 Å².